The summed E-state index contributed by atoms with van der Waals surface area (Å²) in [7, 11) is 1.68. The van der Waals surface area contributed by atoms with Crippen molar-refractivity contribution in [3.8, 4) is 0 Å². The van der Waals surface area contributed by atoms with Gasteiger partial charge >= 0.3 is 0 Å². The molecule has 0 unspecified atom stereocenters. The molecule has 0 amide bonds. The summed E-state index contributed by atoms with van der Waals surface area (Å²) in [5.41, 5.74) is 2.94. The van der Waals surface area contributed by atoms with Crippen molar-refractivity contribution in [2.45, 2.75) is 20.3 Å². The summed E-state index contributed by atoms with van der Waals surface area (Å²) in [6.45, 7) is 5.46. The Kier molecular flexibility index (Phi) is 5.91. The van der Waals surface area contributed by atoms with Gasteiger partial charge in [-0.2, -0.15) is 10.1 Å². The maximum Gasteiger partial charge on any atom is 0.249 e. The Morgan fingerprint density at radius 3 is 2.82 bits per heavy atom. The second-order valence-corrected chi connectivity index (χ2v) is 5.41. The van der Waals surface area contributed by atoms with Crippen LogP contribution in [0.4, 0.5) is 17.5 Å². The van der Waals surface area contributed by atoms with E-state index in [1.807, 2.05) is 19.9 Å². The molecule has 6 nitrogen and oxygen atoms in total. The molecule has 0 aliphatic heterocycles. The Bertz CT molecular complexity index is 612. The molecule has 22 heavy (non-hydrogen) atoms. The van der Waals surface area contributed by atoms with Crippen LogP contribution in [0.2, 0.25) is 5.02 Å². The molecule has 0 radical (unpaired) electrons. The average Bonchev–Trinajstić information content (AvgIpc) is 2.48. The van der Waals surface area contributed by atoms with Gasteiger partial charge in [0.05, 0.1) is 16.9 Å². The summed E-state index contributed by atoms with van der Waals surface area (Å²) in [4.78, 5) is 4.38. The van der Waals surface area contributed by atoms with E-state index in [4.69, 9.17) is 16.3 Å². The minimum absolute atomic E-state index is 0.408. The fourth-order valence-corrected chi connectivity index (χ4v) is 2.43. The van der Waals surface area contributed by atoms with Crippen molar-refractivity contribution in [3.05, 3.63) is 34.5 Å². The molecule has 0 atom stereocenters. The zero-order valence-corrected chi connectivity index (χ0v) is 13.7. The van der Waals surface area contributed by atoms with Gasteiger partial charge in [0, 0.05) is 20.3 Å². The van der Waals surface area contributed by atoms with Crippen LogP contribution >= 0.6 is 11.6 Å². The molecule has 0 aliphatic rings. The number of anilines is 3. The third-order valence-corrected chi connectivity index (χ3v) is 3.36. The van der Waals surface area contributed by atoms with Gasteiger partial charge in [0.2, 0.25) is 5.95 Å². The number of hydrogen-bond acceptors (Lipinski definition) is 6. The van der Waals surface area contributed by atoms with Crippen LogP contribution in [0.25, 0.3) is 0 Å². The van der Waals surface area contributed by atoms with Gasteiger partial charge in [-0.05, 0) is 37.5 Å². The zero-order valence-electron chi connectivity index (χ0n) is 13.0. The summed E-state index contributed by atoms with van der Waals surface area (Å²) < 4.78 is 5.00. The highest BCUT2D eigenvalue weighted by Crippen LogP contribution is 2.29. The molecule has 0 spiro atoms. The van der Waals surface area contributed by atoms with E-state index in [1.54, 1.807) is 13.3 Å². The van der Waals surface area contributed by atoms with Gasteiger partial charge in [-0.3, -0.25) is 0 Å². The average molecular weight is 322 g/mol. The fraction of sp³-hybridized carbons (Fsp3) is 0.400. The third kappa shape index (κ3) is 4.54. The molecular weight excluding hydrogens is 302 g/mol. The maximum atomic E-state index is 6.27. The highest BCUT2D eigenvalue weighted by atomic mass is 35.5. The Labute approximate surface area is 135 Å². The molecule has 118 valence electrons. The fourth-order valence-electron chi connectivity index (χ4n) is 2.06. The first kappa shape index (κ1) is 16.5. The smallest absolute Gasteiger partial charge is 0.249 e. The van der Waals surface area contributed by atoms with E-state index in [0.29, 0.717) is 23.4 Å². The van der Waals surface area contributed by atoms with Gasteiger partial charge < -0.3 is 15.4 Å². The van der Waals surface area contributed by atoms with E-state index in [2.05, 4.69) is 31.9 Å². The molecule has 0 aliphatic carbocycles. The van der Waals surface area contributed by atoms with Crippen molar-refractivity contribution in [2.75, 3.05) is 30.9 Å². The van der Waals surface area contributed by atoms with Gasteiger partial charge in [-0.1, -0.05) is 17.7 Å². The first-order valence-corrected chi connectivity index (χ1v) is 7.44. The maximum absolute atomic E-state index is 6.27. The summed E-state index contributed by atoms with van der Waals surface area (Å²) in [5, 5.41) is 14.9. The van der Waals surface area contributed by atoms with Crippen molar-refractivity contribution in [1.29, 1.82) is 0 Å². The Balaban J connectivity index is 2.07. The number of aromatic nitrogens is 3. The molecule has 2 N–H and O–H groups in total. The topological polar surface area (TPSA) is 72.0 Å². The molecule has 2 rings (SSSR count). The number of nitrogens with one attached hydrogen (secondary N) is 2. The first-order valence-electron chi connectivity index (χ1n) is 7.06. The van der Waals surface area contributed by atoms with Gasteiger partial charge in [0.25, 0.3) is 0 Å². The molecule has 7 heteroatoms. The number of methoxy groups -OCH3 is 1. The van der Waals surface area contributed by atoms with Crippen LogP contribution in [0.3, 0.4) is 0 Å². The summed E-state index contributed by atoms with van der Waals surface area (Å²) >= 11 is 6.27. The van der Waals surface area contributed by atoms with Crippen LogP contribution in [-0.2, 0) is 4.74 Å². The number of benzene rings is 1. The van der Waals surface area contributed by atoms with Gasteiger partial charge in [0.15, 0.2) is 5.82 Å². The molecule has 0 bridgehead atoms. The molecule has 0 saturated heterocycles. The second-order valence-electron chi connectivity index (χ2n) is 5.00. The molecule has 2 aromatic rings. The van der Waals surface area contributed by atoms with Crippen molar-refractivity contribution >= 4 is 29.1 Å². The Morgan fingerprint density at radius 2 is 2.09 bits per heavy atom. The van der Waals surface area contributed by atoms with Crippen LogP contribution in [0.1, 0.15) is 17.5 Å². The highest BCUT2D eigenvalue weighted by molar-refractivity contribution is 6.33. The first-order chi connectivity index (χ1) is 10.6. The van der Waals surface area contributed by atoms with E-state index in [-0.39, 0.29) is 0 Å². The summed E-state index contributed by atoms with van der Waals surface area (Å²) in [6.07, 6.45) is 2.48. The predicted octanol–water partition coefficient (Wildman–Crippen LogP) is 3.33. The SMILES string of the molecule is COCCCNc1cnnc(Nc2c(C)cc(C)cc2Cl)n1. The zero-order chi connectivity index (χ0) is 15.9. The number of ether oxygens (including phenoxy) is 1. The minimum Gasteiger partial charge on any atom is -0.385 e. The third-order valence-electron chi connectivity index (χ3n) is 3.06. The van der Waals surface area contributed by atoms with Gasteiger partial charge in [-0.15, -0.1) is 5.10 Å². The number of nitrogens with zero attached hydrogens (tertiary/aromatic N) is 3. The lowest BCUT2D eigenvalue weighted by Crippen LogP contribution is -2.08. The highest BCUT2D eigenvalue weighted by Gasteiger charge is 2.08. The molecule has 0 fully saturated rings. The predicted molar refractivity (Wildman–Crippen MR) is 89.0 cm³/mol. The minimum atomic E-state index is 0.408. The number of rotatable bonds is 7. The van der Waals surface area contributed by atoms with E-state index < -0.39 is 0 Å². The van der Waals surface area contributed by atoms with Crippen LogP contribution in [0.5, 0.6) is 0 Å². The molecular formula is C15H20ClN5O. The summed E-state index contributed by atoms with van der Waals surface area (Å²) in [5.74, 6) is 1.07. The van der Waals surface area contributed by atoms with E-state index in [0.717, 1.165) is 29.8 Å². The monoisotopic (exact) mass is 321 g/mol. The molecule has 0 saturated carbocycles. The lowest BCUT2D eigenvalue weighted by molar-refractivity contribution is 0.197. The van der Waals surface area contributed by atoms with Crippen LogP contribution < -0.4 is 10.6 Å². The standard InChI is InChI=1S/C15H20ClN5O/c1-10-7-11(2)14(12(16)8-10)20-15-19-13(9-18-21-15)17-5-4-6-22-3/h7-9H,4-6H2,1-3H3,(H2,17,19,20,21). The van der Waals surface area contributed by atoms with Crippen molar-refractivity contribution < 1.29 is 4.74 Å². The lowest BCUT2D eigenvalue weighted by atomic mass is 10.1. The van der Waals surface area contributed by atoms with Crippen molar-refractivity contribution in [3.63, 3.8) is 0 Å². The second kappa shape index (κ2) is 7.91. The van der Waals surface area contributed by atoms with Crippen molar-refractivity contribution in [2.24, 2.45) is 0 Å². The van der Waals surface area contributed by atoms with E-state index >= 15 is 0 Å². The van der Waals surface area contributed by atoms with Crippen molar-refractivity contribution in [1.82, 2.24) is 15.2 Å². The molecule has 1 aromatic carbocycles. The van der Waals surface area contributed by atoms with Gasteiger partial charge in [-0.25, -0.2) is 0 Å². The number of aryl methyl sites for hydroxylation is 2. The quantitative estimate of drug-likeness (QED) is 0.762. The lowest BCUT2D eigenvalue weighted by Gasteiger charge is -2.12. The van der Waals surface area contributed by atoms with Gasteiger partial charge in [0.1, 0.15) is 0 Å². The van der Waals surface area contributed by atoms with E-state index in [1.165, 1.54) is 0 Å². The largest absolute Gasteiger partial charge is 0.385 e. The van der Waals surface area contributed by atoms with Crippen LogP contribution in [0, 0.1) is 13.8 Å². The molecule has 1 aromatic heterocycles. The van der Waals surface area contributed by atoms with Crippen LogP contribution in [-0.4, -0.2) is 35.4 Å². The van der Waals surface area contributed by atoms with E-state index in [9.17, 15) is 0 Å². The summed E-state index contributed by atoms with van der Waals surface area (Å²) in [6, 6.07) is 3.95. The Hall–Kier alpha value is -1.92. The normalized spacial score (nSPS) is 10.5. The van der Waals surface area contributed by atoms with Crippen LogP contribution in [0.15, 0.2) is 18.3 Å². The number of halogens is 1. The Morgan fingerprint density at radius 1 is 1.27 bits per heavy atom. The number of hydrogen-bond donors (Lipinski definition) is 2. The molecule has 1 heterocycles.